The minimum absolute atomic E-state index is 0.0268. The molecule has 6 nitrogen and oxygen atoms in total. The summed E-state index contributed by atoms with van der Waals surface area (Å²) in [5.74, 6) is -0.416. The van der Waals surface area contributed by atoms with Crippen LogP contribution in [0.15, 0.2) is 48.0 Å². The smallest absolute Gasteiger partial charge is 0.295 e. The number of ether oxygens (including phenoxy) is 2. The van der Waals surface area contributed by atoms with Gasteiger partial charge in [0.1, 0.15) is 22.8 Å². The van der Waals surface area contributed by atoms with Gasteiger partial charge in [0, 0.05) is 6.04 Å². The Labute approximate surface area is 194 Å². The number of carbonyl (C=O) groups excluding carboxylic acids is 2. The third-order valence-electron chi connectivity index (χ3n) is 6.78. The highest BCUT2D eigenvalue weighted by molar-refractivity contribution is 6.46. The first-order valence-electron chi connectivity index (χ1n) is 11.5. The fraction of sp³-hybridized carbons (Fsp3) is 0.407. The van der Waals surface area contributed by atoms with E-state index >= 15 is 0 Å². The fourth-order valence-corrected chi connectivity index (χ4v) is 5.02. The van der Waals surface area contributed by atoms with Crippen molar-refractivity contribution in [2.24, 2.45) is 0 Å². The molecule has 4 rings (SSSR count). The van der Waals surface area contributed by atoms with E-state index in [1.54, 1.807) is 23.1 Å². The minimum atomic E-state index is -0.676. The summed E-state index contributed by atoms with van der Waals surface area (Å²) in [6.45, 7) is 4.24. The lowest BCUT2D eigenvalue weighted by atomic mass is 9.92. The van der Waals surface area contributed by atoms with Crippen LogP contribution in [0.4, 0.5) is 0 Å². The largest absolute Gasteiger partial charge is 0.506 e. The molecule has 2 aromatic rings. The molecular weight excluding hydrogens is 418 g/mol. The molecule has 1 aliphatic carbocycles. The Morgan fingerprint density at radius 2 is 1.55 bits per heavy atom. The van der Waals surface area contributed by atoms with E-state index in [4.69, 9.17) is 9.47 Å². The summed E-state index contributed by atoms with van der Waals surface area (Å²) in [5, 5.41) is 11.5. The van der Waals surface area contributed by atoms with Gasteiger partial charge in [-0.25, -0.2) is 0 Å². The first-order chi connectivity index (χ1) is 15.9. The summed E-state index contributed by atoms with van der Waals surface area (Å²) in [6.07, 6.45) is 3.75. The van der Waals surface area contributed by atoms with Crippen LogP contribution in [-0.2, 0) is 9.59 Å². The molecule has 2 aliphatic rings. The molecule has 0 aromatic heterocycles. The van der Waals surface area contributed by atoms with Gasteiger partial charge >= 0.3 is 0 Å². The molecule has 0 bridgehead atoms. The summed E-state index contributed by atoms with van der Waals surface area (Å²) >= 11 is 0. The number of benzene rings is 2. The zero-order chi connectivity index (χ0) is 23.7. The van der Waals surface area contributed by atoms with Crippen molar-refractivity contribution >= 4 is 17.4 Å². The number of aliphatic hydroxyl groups is 1. The molecule has 1 saturated carbocycles. The molecule has 1 unspecified atom stereocenters. The summed E-state index contributed by atoms with van der Waals surface area (Å²) in [6, 6.07) is 12.4. The summed E-state index contributed by atoms with van der Waals surface area (Å²) in [5.41, 5.74) is 2.33. The maximum absolute atomic E-state index is 13.4. The fourth-order valence-electron chi connectivity index (χ4n) is 5.02. The van der Waals surface area contributed by atoms with Crippen LogP contribution in [0.5, 0.6) is 11.5 Å². The van der Waals surface area contributed by atoms with E-state index < -0.39 is 17.7 Å². The van der Waals surface area contributed by atoms with Crippen LogP contribution >= 0.6 is 0 Å². The van der Waals surface area contributed by atoms with Gasteiger partial charge in [0.15, 0.2) is 0 Å². The number of rotatable bonds is 6. The number of amides is 1. The Bertz CT molecular complexity index is 1060. The van der Waals surface area contributed by atoms with Crippen molar-refractivity contribution in [1.82, 2.24) is 4.90 Å². The second-order valence-electron chi connectivity index (χ2n) is 9.00. The van der Waals surface area contributed by atoms with Crippen molar-refractivity contribution in [3.8, 4) is 11.5 Å². The van der Waals surface area contributed by atoms with E-state index in [1.165, 1.54) is 19.8 Å². The predicted octanol–water partition coefficient (Wildman–Crippen LogP) is 5.19. The monoisotopic (exact) mass is 449 g/mol. The van der Waals surface area contributed by atoms with Gasteiger partial charge in [0.05, 0.1) is 25.8 Å². The van der Waals surface area contributed by atoms with Crippen LogP contribution in [0, 0.1) is 0 Å². The molecule has 1 N–H and O–H groups in total. The molecule has 0 radical (unpaired) electrons. The van der Waals surface area contributed by atoms with Crippen molar-refractivity contribution in [2.75, 3.05) is 14.2 Å². The van der Waals surface area contributed by atoms with Gasteiger partial charge in [0.25, 0.3) is 11.7 Å². The topological polar surface area (TPSA) is 76.1 Å². The van der Waals surface area contributed by atoms with Crippen LogP contribution in [0.25, 0.3) is 5.76 Å². The van der Waals surface area contributed by atoms with Gasteiger partial charge in [-0.05, 0) is 42.0 Å². The molecule has 1 saturated heterocycles. The molecule has 6 heteroatoms. The number of methoxy groups -OCH3 is 2. The number of ketones is 1. The number of nitrogens with zero attached hydrogens (tertiary/aromatic N) is 1. The number of hydrogen-bond donors (Lipinski definition) is 1. The van der Waals surface area contributed by atoms with E-state index in [0.29, 0.717) is 17.4 Å². The van der Waals surface area contributed by atoms with Crippen molar-refractivity contribution < 1.29 is 24.2 Å². The molecule has 1 aliphatic heterocycles. The zero-order valence-electron chi connectivity index (χ0n) is 19.6. The Balaban J connectivity index is 1.93. The first-order valence-corrected chi connectivity index (χ1v) is 11.5. The van der Waals surface area contributed by atoms with Crippen LogP contribution in [-0.4, -0.2) is 42.0 Å². The van der Waals surface area contributed by atoms with Gasteiger partial charge in [-0.1, -0.05) is 57.0 Å². The lowest BCUT2D eigenvalue weighted by molar-refractivity contribution is -0.141. The third-order valence-corrected chi connectivity index (χ3v) is 6.78. The van der Waals surface area contributed by atoms with Crippen LogP contribution in [0.1, 0.15) is 68.2 Å². The molecule has 2 fully saturated rings. The Kier molecular flexibility index (Phi) is 6.45. The second-order valence-corrected chi connectivity index (χ2v) is 9.00. The maximum Gasteiger partial charge on any atom is 0.295 e. The molecule has 2 aromatic carbocycles. The molecule has 0 spiro atoms. The Morgan fingerprint density at radius 1 is 0.970 bits per heavy atom. The quantitative estimate of drug-likeness (QED) is 0.373. The summed E-state index contributed by atoms with van der Waals surface area (Å²) in [7, 11) is 2.98. The van der Waals surface area contributed by atoms with Gasteiger partial charge < -0.3 is 19.5 Å². The number of carbonyl (C=O) groups is 2. The summed E-state index contributed by atoms with van der Waals surface area (Å²) in [4.78, 5) is 28.3. The van der Waals surface area contributed by atoms with E-state index in [-0.39, 0.29) is 22.9 Å². The van der Waals surface area contributed by atoms with E-state index in [9.17, 15) is 14.7 Å². The van der Waals surface area contributed by atoms with Crippen molar-refractivity contribution in [3.05, 3.63) is 64.7 Å². The van der Waals surface area contributed by atoms with Gasteiger partial charge in [-0.2, -0.15) is 0 Å². The Morgan fingerprint density at radius 3 is 2.06 bits per heavy atom. The number of Topliss-reactive ketones (excluding diaryl/α,β-unsaturated/α-hetero) is 1. The van der Waals surface area contributed by atoms with E-state index in [1.807, 2.05) is 24.3 Å². The molecule has 1 heterocycles. The van der Waals surface area contributed by atoms with Crippen LogP contribution in [0.2, 0.25) is 0 Å². The number of aliphatic hydroxyl groups excluding tert-OH is 1. The zero-order valence-corrected chi connectivity index (χ0v) is 19.6. The molecule has 174 valence electrons. The Hall–Kier alpha value is -3.28. The molecular formula is C27H31NO5. The van der Waals surface area contributed by atoms with E-state index in [0.717, 1.165) is 31.2 Å². The van der Waals surface area contributed by atoms with Crippen molar-refractivity contribution in [1.29, 1.82) is 0 Å². The second kappa shape index (κ2) is 9.30. The number of likely N-dealkylation sites (tertiary alicyclic amines) is 1. The van der Waals surface area contributed by atoms with Crippen molar-refractivity contribution in [2.45, 2.75) is 57.5 Å². The molecule has 33 heavy (non-hydrogen) atoms. The minimum Gasteiger partial charge on any atom is -0.506 e. The average Bonchev–Trinajstić information content (AvgIpc) is 3.44. The van der Waals surface area contributed by atoms with E-state index in [2.05, 4.69) is 13.8 Å². The highest BCUT2D eigenvalue weighted by atomic mass is 16.5. The predicted molar refractivity (Wildman–Crippen MR) is 126 cm³/mol. The SMILES string of the molecule is COc1cccc(OC)c1/C(O)=C1\C(=O)C(=O)N(C2CCCC2)C1c1ccc(C(C)C)cc1. The molecule has 1 amide bonds. The van der Waals surface area contributed by atoms with Crippen molar-refractivity contribution in [3.63, 3.8) is 0 Å². The highest BCUT2D eigenvalue weighted by Gasteiger charge is 2.49. The standard InChI is InChI=1S/C27H31NO5/c1-16(2)17-12-14-18(15-13-17)24-23(26(30)27(31)28(24)19-8-5-6-9-19)25(29)22-20(32-3)10-7-11-21(22)33-4/h7,10-16,19,24,29H,5-6,8-9H2,1-4H3/b25-23+. The van der Waals surface area contributed by atoms with Gasteiger partial charge in [0.2, 0.25) is 0 Å². The first kappa shape index (κ1) is 22.9. The lowest BCUT2D eigenvalue weighted by Crippen LogP contribution is -2.37. The highest BCUT2D eigenvalue weighted by Crippen LogP contribution is 2.46. The lowest BCUT2D eigenvalue weighted by Gasteiger charge is -2.31. The van der Waals surface area contributed by atoms with Gasteiger partial charge in [-0.3, -0.25) is 9.59 Å². The van der Waals surface area contributed by atoms with Crippen LogP contribution in [0.3, 0.4) is 0 Å². The number of hydrogen-bond acceptors (Lipinski definition) is 5. The normalized spacial score (nSPS) is 20.6. The molecule has 1 atom stereocenters. The third kappa shape index (κ3) is 3.99. The summed E-state index contributed by atoms with van der Waals surface area (Å²) < 4.78 is 10.9. The van der Waals surface area contributed by atoms with Crippen LogP contribution < -0.4 is 9.47 Å². The maximum atomic E-state index is 13.4. The van der Waals surface area contributed by atoms with Gasteiger partial charge in [-0.15, -0.1) is 0 Å². The average molecular weight is 450 g/mol.